The zero-order valence-electron chi connectivity index (χ0n) is 12.6. The molecule has 0 fully saturated rings. The van der Waals surface area contributed by atoms with Crippen molar-refractivity contribution in [3.05, 3.63) is 52.5 Å². The van der Waals surface area contributed by atoms with E-state index < -0.39 is 0 Å². The maximum absolute atomic E-state index is 12.5. The van der Waals surface area contributed by atoms with Crippen LogP contribution in [0.15, 0.2) is 36.4 Å². The van der Waals surface area contributed by atoms with Crippen molar-refractivity contribution in [3.8, 4) is 11.5 Å². The highest BCUT2D eigenvalue weighted by Crippen LogP contribution is 2.38. The van der Waals surface area contributed by atoms with Gasteiger partial charge in [-0.25, -0.2) is 0 Å². The summed E-state index contributed by atoms with van der Waals surface area (Å²) in [4.78, 5) is 12.5. The number of hydrogen-bond acceptors (Lipinski definition) is 4. The molecule has 0 radical (unpaired) electrons. The number of ether oxygens (including phenoxy) is 3. The summed E-state index contributed by atoms with van der Waals surface area (Å²) in [6.07, 6.45) is 0. The summed E-state index contributed by atoms with van der Waals surface area (Å²) in [6.45, 7) is 1.32. The molecule has 3 rings (SSSR count). The molecule has 23 heavy (non-hydrogen) atoms. The number of fused-ring (bicyclic) bond motifs is 1. The fraction of sp³-hybridized carbons (Fsp3) is 0.235. The number of amides is 1. The SMILES string of the molecule is COCc1ccccc1C(=O)Nc1cc2c(cc1Cl)OCCO2. The van der Waals surface area contributed by atoms with Crippen LogP contribution in [-0.2, 0) is 11.3 Å². The van der Waals surface area contributed by atoms with Crippen molar-refractivity contribution in [2.75, 3.05) is 25.6 Å². The summed E-state index contributed by atoms with van der Waals surface area (Å²) >= 11 is 6.22. The first kappa shape index (κ1) is 15.6. The Labute approximate surface area is 139 Å². The predicted octanol–water partition coefficient (Wildman–Crippen LogP) is 3.51. The number of anilines is 1. The number of hydrogen-bond donors (Lipinski definition) is 1. The third-order valence-corrected chi connectivity index (χ3v) is 3.75. The van der Waals surface area contributed by atoms with Crippen LogP contribution >= 0.6 is 11.6 Å². The largest absolute Gasteiger partial charge is 0.486 e. The Balaban J connectivity index is 1.86. The Morgan fingerprint density at radius 3 is 2.65 bits per heavy atom. The molecule has 1 aliphatic rings. The molecule has 1 aliphatic heterocycles. The van der Waals surface area contributed by atoms with Gasteiger partial charge in [0, 0.05) is 24.8 Å². The van der Waals surface area contributed by atoms with E-state index in [1.165, 1.54) is 0 Å². The molecule has 0 atom stereocenters. The Morgan fingerprint density at radius 2 is 1.91 bits per heavy atom. The number of nitrogens with one attached hydrogen (secondary N) is 1. The summed E-state index contributed by atoms with van der Waals surface area (Å²) in [5.41, 5.74) is 1.83. The van der Waals surface area contributed by atoms with Crippen LogP contribution in [0.4, 0.5) is 5.69 Å². The number of rotatable bonds is 4. The van der Waals surface area contributed by atoms with Crippen molar-refractivity contribution in [1.82, 2.24) is 0 Å². The molecule has 120 valence electrons. The molecule has 1 amide bonds. The maximum atomic E-state index is 12.5. The van der Waals surface area contributed by atoms with Crippen LogP contribution in [0.2, 0.25) is 5.02 Å². The summed E-state index contributed by atoms with van der Waals surface area (Å²) < 4.78 is 16.1. The fourth-order valence-corrected chi connectivity index (χ4v) is 2.57. The Morgan fingerprint density at radius 1 is 1.22 bits per heavy atom. The summed E-state index contributed by atoms with van der Waals surface area (Å²) in [5, 5.41) is 3.21. The first-order chi connectivity index (χ1) is 11.2. The van der Waals surface area contributed by atoms with Gasteiger partial charge in [0.1, 0.15) is 13.2 Å². The molecule has 0 bridgehead atoms. The van der Waals surface area contributed by atoms with Gasteiger partial charge in [-0.3, -0.25) is 4.79 Å². The monoisotopic (exact) mass is 333 g/mol. The van der Waals surface area contributed by atoms with Crippen molar-refractivity contribution in [2.45, 2.75) is 6.61 Å². The normalized spacial score (nSPS) is 12.8. The lowest BCUT2D eigenvalue weighted by atomic mass is 10.1. The number of carbonyl (C=O) groups is 1. The highest BCUT2D eigenvalue weighted by atomic mass is 35.5. The van der Waals surface area contributed by atoms with Gasteiger partial charge < -0.3 is 19.5 Å². The van der Waals surface area contributed by atoms with Crippen LogP contribution in [0.25, 0.3) is 0 Å². The van der Waals surface area contributed by atoms with Gasteiger partial charge in [-0.15, -0.1) is 0 Å². The van der Waals surface area contributed by atoms with Crippen molar-refractivity contribution >= 4 is 23.2 Å². The smallest absolute Gasteiger partial charge is 0.256 e. The molecule has 0 saturated heterocycles. The van der Waals surface area contributed by atoms with Crippen LogP contribution in [-0.4, -0.2) is 26.2 Å². The lowest BCUT2D eigenvalue weighted by Gasteiger charge is -2.20. The number of methoxy groups -OCH3 is 1. The first-order valence-corrected chi connectivity index (χ1v) is 7.54. The van der Waals surface area contributed by atoms with Crippen molar-refractivity contribution in [3.63, 3.8) is 0 Å². The maximum Gasteiger partial charge on any atom is 0.256 e. The van der Waals surface area contributed by atoms with E-state index in [0.717, 1.165) is 5.56 Å². The highest BCUT2D eigenvalue weighted by Gasteiger charge is 2.18. The number of carbonyl (C=O) groups excluding carboxylic acids is 1. The Kier molecular flexibility index (Phi) is 4.69. The molecular formula is C17H16ClNO4. The average molecular weight is 334 g/mol. The van der Waals surface area contributed by atoms with Crippen LogP contribution in [0.1, 0.15) is 15.9 Å². The topological polar surface area (TPSA) is 56.8 Å². The van der Waals surface area contributed by atoms with Crippen LogP contribution in [0.3, 0.4) is 0 Å². The highest BCUT2D eigenvalue weighted by molar-refractivity contribution is 6.34. The molecule has 0 aliphatic carbocycles. The Hall–Kier alpha value is -2.24. The van der Waals surface area contributed by atoms with Gasteiger partial charge in [-0.05, 0) is 11.6 Å². The third kappa shape index (κ3) is 3.41. The lowest BCUT2D eigenvalue weighted by Crippen LogP contribution is -2.17. The van der Waals surface area contributed by atoms with Crippen LogP contribution < -0.4 is 14.8 Å². The van der Waals surface area contributed by atoms with Crippen LogP contribution in [0, 0.1) is 0 Å². The number of benzene rings is 2. The number of halogens is 1. The molecule has 0 spiro atoms. The van der Waals surface area contributed by atoms with E-state index in [1.807, 2.05) is 12.1 Å². The average Bonchev–Trinajstić information content (AvgIpc) is 2.56. The molecule has 0 unspecified atom stereocenters. The van der Waals surface area contributed by atoms with E-state index in [-0.39, 0.29) is 5.91 Å². The molecule has 6 heteroatoms. The van der Waals surface area contributed by atoms with E-state index in [2.05, 4.69) is 5.32 Å². The molecule has 2 aromatic carbocycles. The third-order valence-electron chi connectivity index (χ3n) is 3.44. The van der Waals surface area contributed by atoms with Gasteiger partial charge in [-0.1, -0.05) is 29.8 Å². The second-order valence-electron chi connectivity index (χ2n) is 5.02. The van der Waals surface area contributed by atoms with E-state index >= 15 is 0 Å². The minimum absolute atomic E-state index is 0.253. The molecule has 0 aromatic heterocycles. The predicted molar refractivity (Wildman–Crippen MR) is 87.6 cm³/mol. The molecule has 2 aromatic rings. The van der Waals surface area contributed by atoms with Crippen molar-refractivity contribution in [1.29, 1.82) is 0 Å². The second kappa shape index (κ2) is 6.89. The summed E-state index contributed by atoms with van der Waals surface area (Å²) in [7, 11) is 1.59. The van der Waals surface area contributed by atoms with E-state index in [9.17, 15) is 4.79 Å². The van der Waals surface area contributed by atoms with E-state index in [0.29, 0.717) is 47.6 Å². The van der Waals surface area contributed by atoms with Gasteiger partial charge >= 0.3 is 0 Å². The van der Waals surface area contributed by atoms with Gasteiger partial charge in [0.15, 0.2) is 11.5 Å². The minimum atomic E-state index is -0.253. The molecule has 0 saturated carbocycles. The van der Waals surface area contributed by atoms with E-state index in [1.54, 1.807) is 31.4 Å². The molecule has 5 nitrogen and oxygen atoms in total. The van der Waals surface area contributed by atoms with E-state index in [4.69, 9.17) is 25.8 Å². The van der Waals surface area contributed by atoms with Gasteiger partial charge in [0.05, 0.1) is 17.3 Å². The van der Waals surface area contributed by atoms with Crippen molar-refractivity contribution in [2.24, 2.45) is 0 Å². The Bertz CT molecular complexity index is 733. The van der Waals surface area contributed by atoms with Crippen LogP contribution in [0.5, 0.6) is 11.5 Å². The zero-order chi connectivity index (χ0) is 16.2. The first-order valence-electron chi connectivity index (χ1n) is 7.16. The zero-order valence-corrected chi connectivity index (χ0v) is 13.4. The molecular weight excluding hydrogens is 318 g/mol. The van der Waals surface area contributed by atoms with Gasteiger partial charge in [0.25, 0.3) is 5.91 Å². The second-order valence-corrected chi connectivity index (χ2v) is 5.43. The lowest BCUT2D eigenvalue weighted by molar-refractivity contribution is 0.102. The minimum Gasteiger partial charge on any atom is -0.486 e. The molecule has 1 N–H and O–H groups in total. The van der Waals surface area contributed by atoms with Gasteiger partial charge in [-0.2, -0.15) is 0 Å². The standard InChI is InChI=1S/C17H16ClNO4/c1-21-10-11-4-2-3-5-12(11)17(20)19-14-9-16-15(8-13(14)18)22-6-7-23-16/h2-5,8-9H,6-7,10H2,1H3,(H,19,20). The quantitative estimate of drug-likeness (QED) is 0.930. The van der Waals surface area contributed by atoms with Crippen molar-refractivity contribution < 1.29 is 19.0 Å². The fourth-order valence-electron chi connectivity index (χ4n) is 2.37. The van der Waals surface area contributed by atoms with Gasteiger partial charge in [0.2, 0.25) is 0 Å². The molecule has 1 heterocycles. The summed E-state index contributed by atoms with van der Waals surface area (Å²) in [5.74, 6) is 0.899. The summed E-state index contributed by atoms with van der Waals surface area (Å²) in [6, 6.07) is 10.6.